The molecule has 0 unspecified atom stereocenters. The minimum atomic E-state index is -0.408. The lowest BCUT2D eigenvalue weighted by molar-refractivity contribution is 0.457. The van der Waals surface area contributed by atoms with Crippen molar-refractivity contribution < 1.29 is 9.13 Å². The lowest BCUT2D eigenvalue weighted by atomic mass is 10.2. The van der Waals surface area contributed by atoms with E-state index in [1.807, 2.05) is 13.0 Å². The second-order valence-electron chi connectivity index (χ2n) is 3.78. The van der Waals surface area contributed by atoms with Gasteiger partial charge in [-0.25, -0.2) is 9.37 Å². The van der Waals surface area contributed by atoms with Crippen molar-refractivity contribution in [3.05, 3.63) is 52.4 Å². The molecule has 0 spiro atoms. The summed E-state index contributed by atoms with van der Waals surface area (Å²) >= 11 is 11.6. The largest absolute Gasteiger partial charge is 0.437 e. The third kappa shape index (κ3) is 2.92. The predicted octanol–water partition coefficient (Wildman–Crippen LogP) is 4.71. The number of hydrogen-bond donors (Lipinski definition) is 0. The zero-order valence-corrected chi connectivity index (χ0v) is 11.1. The topological polar surface area (TPSA) is 22.1 Å². The molecule has 0 N–H and O–H groups in total. The van der Waals surface area contributed by atoms with Crippen LogP contribution in [0.2, 0.25) is 5.02 Å². The highest BCUT2D eigenvalue weighted by atomic mass is 35.5. The van der Waals surface area contributed by atoms with E-state index in [9.17, 15) is 4.39 Å². The Morgan fingerprint density at radius 1 is 1.33 bits per heavy atom. The monoisotopic (exact) mass is 285 g/mol. The van der Waals surface area contributed by atoms with E-state index in [2.05, 4.69) is 4.98 Å². The molecule has 0 amide bonds. The zero-order valence-electron chi connectivity index (χ0n) is 9.58. The Bertz CT molecular complexity index is 575. The standard InChI is InChI=1S/C13H10Cl2FNO/c1-8-4-9(6-14)7-17-13(8)18-12-3-2-10(16)5-11(12)15/h2-5,7H,6H2,1H3. The number of nitrogens with zero attached hydrogens (tertiary/aromatic N) is 1. The summed E-state index contributed by atoms with van der Waals surface area (Å²) in [7, 11) is 0. The van der Waals surface area contributed by atoms with Crippen molar-refractivity contribution in [1.82, 2.24) is 4.98 Å². The van der Waals surface area contributed by atoms with Crippen molar-refractivity contribution in [2.75, 3.05) is 0 Å². The number of pyridine rings is 1. The molecule has 0 bridgehead atoms. The van der Waals surface area contributed by atoms with Crippen LogP contribution in [0.3, 0.4) is 0 Å². The fourth-order valence-corrected chi connectivity index (χ4v) is 1.81. The minimum absolute atomic E-state index is 0.206. The van der Waals surface area contributed by atoms with Crippen LogP contribution in [0.1, 0.15) is 11.1 Å². The molecule has 2 rings (SSSR count). The predicted molar refractivity (Wildman–Crippen MR) is 70.0 cm³/mol. The first-order valence-electron chi connectivity index (χ1n) is 5.24. The van der Waals surface area contributed by atoms with Crippen LogP contribution < -0.4 is 4.74 Å². The molecule has 0 fully saturated rings. The van der Waals surface area contributed by atoms with Gasteiger partial charge in [0.25, 0.3) is 0 Å². The molecule has 0 saturated carbocycles. The smallest absolute Gasteiger partial charge is 0.222 e. The molecule has 0 aliphatic heterocycles. The number of hydrogen-bond acceptors (Lipinski definition) is 2. The molecule has 94 valence electrons. The summed E-state index contributed by atoms with van der Waals surface area (Å²) < 4.78 is 18.4. The fraction of sp³-hybridized carbons (Fsp3) is 0.154. The summed E-state index contributed by atoms with van der Waals surface area (Å²) in [5, 5.41) is 0.206. The van der Waals surface area contributed by atoms with Gasteiger partial charge in [-0.2, -0.15) is 0 Å². The number of aryl methyl sites for hydroxylation is 1. The second-order valence-corrected chi connectivity index (χ2v) is 4.45. The van der Waals surface area contributed by atoms with Gasteiger partial charge in [0, 0.05) is 17.6 Å². The molecular weight excluding hydrogens is 276 g/mol. The van der Waals surface area contributed by atoms with Crippen LogP contribution in [0.5, 0.6) is 11.6 Å². The van der Waals surface area contributed by atoms with Crippen molar-refractivity contribution in [2.45, 2.75) is 12.8 Å². The normalized spacial score (nSPS) is 10.4. The molecule has 18 heavy (non-hydrogen) atoms. The van der Waals surface area contributed by atoms with Crippen LogP contribution in [0, 0.1) is 12.7 Å². The van der Waals surface area contributed by atoms with E-state index in [-0.39, 0.29) is 5.02 Å². The average Bonchev–Trinajstić information content (AvgIpc) is 2.34. The van der Waals surface area contributed by atoms with Gasteiger partial charge in [0.05, 0.1) is 5.02 Å². The van der Waals surface area contributed by atoms with Crippen molar-refractivity contribution in [3.8, 4) is 11.6 Å². The molecule has 5 heteroatoms. The van der Waals surface area contributed by atoms with E-state index in [1.165, 1.54) is 18.2 Å². The van der Waals surface area contributed by atoms with Gasteiger partial charge in [-0.15, -0.1) is 11.6 Å². The Morgan fingerprint density at radius 3 is 2.72 bits per heavy atom. The quantitative estimate of drug-likeness (QED) is 0.762. The lowest BCUT2D eigenvalue weighted by Gasteiger charge is -2.09. The third-order valence-corrected chi connectivity index (χ3v) is 2.95. The van der Waals surface area contributed by atoms with E-state index >= 15 is 0 Å². The zero-order chi connectivity index (χ0) is 13.1. The molecule has 0 radical (unpaired) electrons. The first-order chi connectivity index (χ1) is 8.60. The number of benzene rings is 1. The molecule has 0 aliphatic carbocycles. The van der Waals surface area contributed by atoms with Gasteiger partial charge in [0.2, 0.25) is 5.88 Å². The SMILES string of the molecule is Cc1cc(CCl)cnc1Oc1ccc(F)cc1Cl. The van der Waals surface area contributed by atoms with Gasteiger partial charge in [-0.1, -0.05) is 11.6 Å². The maximum atomic E-state index is 12.9. The second kappa shape index (κ2) is 5.55. The van der Waals surface area contributed by atoms with Gasteiger partial charge in [0.1, 0.15) is 11.6 Å². The van der Waals surface area contributed by atoms with Crippen LogP contribution in [-0.4, -0.2) is 4.98 Å². The Labute approximate surface area is 114 Å². The first-order valence-corrected chi connectivity index (χ1v) is 6.16. The first kappa shape index (κ1) is 13.1. The van der Waals surface area contributed by atoms with Crippen molar-refractivity contribution in [2.24, 2.45) is 0 Å². The van der Waals surface area contributed by atoms with E-state index in [0.717, 1.165) is 11.1 Å². The summed E-state index contributed by atoms with van der Waals surface area (Å²) in [6.07, 6.45) is 1.63. The van der Waals surface area contributed by atoms with Crippen LogP contribution in [-0.2, 0) is 5.88 Å². The highest BCUT2D eigenvalue weighted by molar-refractivity contribution is 6.32. The molecule has 0 saturated heterocycles. The fourth-order valence-electron chi connectivity index (χ4n) is 1.46. The third-order valence-electron chi connectivity index (χ3n) is 2.34. The highest BCUT2D eigenvalue weighted by Gasteiger charge is 2.08. The number of aromatic nitrogens is 1. The Kier molecular flexibility index (Phi) is 4.04. The molecule has 1 heterocycles. The summed E-state index contributed by atoms with van der Waals surface area (Å²) in [6, 6.07) is 5.82. The highest BCUT2D eigenvalue weighted by Crippen LogP contribution is 2.30. The van der Waals surface area contributed by atoms with Crippen LogP contribution in [0.15, 0.2) is 30.5 Å². The van der Waals surface area contributed by atoms with Gasteiger partial charge in [0.15, 0.2) is 0 Å². The number of alkyl halides is 1. The maximum Gasteiger partial charge on any atom is 0.222 e. The van der Waals surface area contributed by atoms with Crippen LogP contribution >= 0.6 is 23.2 Å². The molecule has 1 aromatic heterocycles. The molecule has 1 aromatic carbocycles. The summed E-state index contributed by atoms with van der Waals surface area (Å²) in [5.74, 6) is 0.782. The van der Waals surface area contributed by atoms with Gasteiger partial charge in [-0.3, -0.25) is 0 Å². The number of rotatable bonds is 3. The van der Waals surface area contributed by atoms with E-state index in [0.29, 0.717) is 17.5 Å². The Balaban J connectivity index is 2.28. The molecule has 0 aliphatic rings. The average molecular weight is 286 g/mol. The maximum absolute atomic E-state index is 12.9. The Hall–Kier alpha value is -1.32. The molecule has 2 nitrogen and oxygen atoms in total. The molecule has 2 aromatic rings. The number of ether oxygens (including phenoxy) is 1. The van der Waals surface area contributed by atoms with E-state index in [1.54, 1.807) is 6.20 Å². The minimum Gasteiger partial charge on any atom is -0.437 e. The van der Waals surface area contributed by atoms with Gasteiger partial charge >= 0.3 is 0 Å². The van der Waals surface area contributed by atoms with E-state index < -0.39 is 5.82 Å². The lowest BCUT2D eigenvalue weighted by Crippen LogP contribution is -1.94. The Morgan fingerprint density at radius 2 is 2.11 bits per heavy atom. The summed E-state index contributed by atoms with van der Waals surface area (Å²) in [4.78, 5) is 4.15. The summed E-state index contributed by atoms with van der Waals surface area (Å²) in [6.45, 7) is 1.86. The van der Waals surface area contributed by atoms with Crippen LogP contribution in [0.4, 0.5) is 4.39 Å². The van der Waals surface area contributed by atoms with Crippen molar-refractivity contribution >= 4 is 23.2 Å². The van der Waals surface area contributed by atoms with Crippen molar-refractivity contribution in [3.63, 3.8) is 0 Å². The van der Waals surface area contributed by atoms with E-state index in [4.69, 9.17) is 27.9 Å². The van der Waals surface area contributed by atoms with Gasteiger partial charge in [-0.05, 0) is 36.8 Å². The van der Waals surface area contributed by atoms with Gasteiger partial charge < -0.3 is 4.74 Å². The van der Waals surface area contributed by atoms with Crippen molar-refractivity contribution in [1.29, 1.82) is 0 Å². The van der Waals surface area contributed by atoms with Crippen LogP contribution in [0.25, 0.3) is 0 Å². The molecule has 0 atom stereocenters. The summed E-state index contributed by atoms with van der Waals surface area (Å²) in [5.41, 5.74) is 1.75. The number of halogens is 3. The molecular formula is C13H10Cl2FNO.